The van der Waals surface area contributed by atoms with Crippen LogP contribution >= 0.6 is 0 Å². The Morgan fingerprint density at radius 1 is 1.24 bits per heavy atom. The Morgan fingerprint density at radius 3 is 2.68 bits per heavy atom. The number of carbonyl (C=O) groups excluding carboxylic acids is 1. The molecule has 5 heteroatoms. The van der Waals surface area contributed by atoms with Gasteiger partial charge < -0.3 is 10.1 Å². The minimum absolute atomic E-state index is 0.161. The van der Waals surface area contributed by atoms with Gasteiger partial charge in [0.15, 0.2) is 11.4 Å². The van der Waals surface area contributed by atoms with Crippen LogP contribution in [-0.2, 0) is 6.42 Å². The van der Waals surface area contributed by atoms with Gasteiger partial charge in [-0.25, -0.2) is 4.98 Å². The predicted molar refractivity (Wildman–Crippen MR) is 99.6 cm³/mol. The third-order valence-electron chi connectivity index (χ3n) is 4.29. The van der Waals surface area contributed by atoms with Gasteiger partial charge in [0.05, 0.1) is 12.8 Å². The van der Waals surface area contributed by atoms with Crippen LogP contribution in [0.1, 0.15) is 48.4 Å². The number of nitrogens with one attached hydrogen (secondary N) is 1. The second-order valence-electron chi connectivity index (χ2n) is 6.23. The maximum atomic E-state index is 13.0. The van der Waals surface area contributed by atoms with Crippen molar-refractivity contribution in [3.8, 4) is 5.75 Å². The number of rotatable bonds is 5. The number of methoxy groups -OCH3 is 1. The number of hydrogen-bond acceptors (Lipinski definition) is 3. The summed E-state index contributed by atoms with van der Waals surface area (Å²) in [6.45, 7) is 6.22. The molecule has 0 aliphatic carbocycles. The lowest BCUT2D eigenvalue weighted by Gasteiger charge is -2.14. The highest BCUT2D eigenvalue weighted by Crippen LogP contribution is 2.26. The molecule has 0 spiro atoms. The first-order valence-electron chi connectivity index (χ1n) is 8.51. The fraction of sp³-hybridized carbons (Fsp3) is 0.300. The first-order valence-corrected chi connectivity index (χ1v) is 8.51. The Bertz CT molecular complexity index is 912. The molecule has 2 heterocycles. The monoisotopic (exact) mass is 337 g/mol. The highest BCUT2D eigenvalue weighted by molar-refractivity contribution is 6.05. The van der Waals surface area contributed by atoms with E-state index < -0.39 is 0 Å². The molecule has 0 radical (unpaired) electrons. The van der Waals surface area contributed by atoms with Crippen molar-refractivity contribution >= 4 is 17.2 Å². The third-order valence-corrected chi connectivity index (χ3v) is 4.29. The van der Waals surface area contributed by atoms with Crippen molar-refractivity contribution < 1.29 is 9.53 Å². The van der Waals surface area contributed by atoms with Crippen LogP contribution in [0.3, 0.4) is 0 Å². The lowest BCUT2D eigenvalue weighted by Crippen LogP contribution is -2.17. The van der Waals surface area contributed by atoms with E-state index in [4.69, 9.17) is 4.74 Å². The Morgan fingerprint density at radius 2 is 2.00 bits per heavy atom. The van der Waals surface area contributed by atoms with E-state index in [-0.39, 0.29) is 5.91 Å². The number of carbonyl (C=O) groups is 1. The third kappa shape index (κ3) is 3.09. The van der Waals surface area contributed by atoms with Gasteiger partial charge >= 0.3 is 0 Å². The maximum Gasteiger partial charge on any atom is 0.274 e. The molecule has 2 aromatic heterocycles. The van der Waals surface area contributed by atoms with E-state index in [1.54, 1.807) is 11.5 Å². The van der Waals surface area contributed by atoms with E-state index in [0.29, 0.717) is 29.4 Å². The number of pyridine rings is 1. The summed E-state index contributed by atoms with van der Waals surface area (Å²) in [7, 11) is 1.61. The van der Waals surface area contributed by atoms with Crippen LogP contribution in [0.25, 0.3) is 5.65 Å². The van der Waals surface area contributed by atoms with E-state index in [0.717, 1.165) is 16.9 Å². The molecule has 0 aliphatic heterocycles. The Labute approximate surface area is 147 Å². The number of aryl methyl sites for hydroxylation is 1. The normalized spacial score (nSPS) is 11.1. The molecule has 1 aromatic carbocycles. The van der Waals surface area contributed by atoms with Gasteiger partial charge in [0, 0.05) is 11.9 Å². The van der Waals surface area contributed by atoms with Crippen LogP contribution in [0, 0.1) is 0 Å². The highest BCUT2D eigenvalue weighted by Gasteiger charge is 2.21. The van der Waals surface area contributed by atoms with Gasteiger partial charge in [-0.05, 0) is 36.1 Å². The molecule has 1 amide bonds. The molecular weight excluding hydrogens is 314 g/mol. The van der Waals surface area contributed by atoms with Crippen LogP contribution in [0.15, 0.2) is 42.6 Å². The highest BCUT2D eigenvalue weighted by atomic mass is 16.5. The minimum Gasteiger partial charge on any atom is -0.493 e. The molecule has 130 valence electrons. The first-order chi connectivity index (χ1) is 12.1. The molecule has 1 N–H and O–H groups in total. The van der Waals surface area contributed by atoms with Crippen molar-refractivity contribution in [2.45, 2.75) is 33.1 Å². The topological polar surface area (TPSA) is 55.6 Å². The van der Waals surface area contributed by atoms with Crippen molar-refractivity contribution in [1.29, 1.82) is 0 Å². The number of nitrogens with zero attached hydrogens (tertiary/aromatic N) is 2. The number of fused-ring (bicyclic) bond motifs is 1. The molecule has 25 heavy (non-hydrogen) atoms. The molecule has 5 nitrogen and oxygen atoms in total. The zero-order valence-corrected chi connectivity index (χ0v) is 15.0. The lowest BCUT2D eigenvalue weighted by molar-refractivity contribution is 0.102. The molecule has 0 saturated carbocycles. The van der Waals surface area contributed by atoms with Gasteiger partial charge in [0.25, 0.3) is 5.91 Å². The standard InChI is InChI=1S/C20H23N3O2/c1-5-15-18(23-12-8-11-17(25-4)19(23)21-15)20(24)22-16-10-7-6-9-14(16)13(2)3/h6-13H,5H2,1-4H3,(H,22,24). The average Bonchev–Trinajstić information content (AvgIpc) is 3.00. The SMILES string of the molecule is CCc1nc2c(OC)cccn2c1C(=O)Nc1ccccc1C(C)C. The molecule has 3 aromatic rings. The number of benzene rings is 1. The smallest absolute Gasteiger partial charge is 0.274 e. The van der Waals surface area contributed by atoms with Crippen LogP contribution in [0.4, 0.5) is 5.69 Å². The van der Waals surface area contributed by atoms with Gasteiger partial charge in [-0.1, -0.05) is 39.0 Å². The van der Waals surface area contributed by atoms with E-state index in [9.17, 15) is 4.79 Å². The molecule has 0 aliphatic rings. The van der Waals surface area contributed by atoms with E-state index in [1.807, 2.05) is 49.5 Å². The zero-order chi connectivity index (χ0) is 18.0. The second kappa shape index (κ2) is 6.97. The number of hydrogen-bond donors (Lipinski definition) is 1. The molecule has 0 bridgehead atoms. The van der Waals surface area contributed by atoms with Crippen molar-refractivity contribution in [2.24, 2.45) is 0 Å². The minimum atomic E-state index is -0.161. The van der Waals surface area contributed by atoms with Crippen molar-refractivity contribution in [3.05, 3.63) is 59.5 Å². The van der Waals surface area contributed by atoms with E-state index >= 15 is 0 Å². The van der Waals surface area contributed by atoms with E-state index in [1.165, 1.54) is 0 Å². The Hall–Kier alpha value is -2.82. The number of amides is 1. The van der Waals surface area contributed by atoms with Crippen LogP contribution in [-0.4, -0.2) is 22.4 Å². The summed E-state index contributed by atoms with van der Waals surface area (Å²) in [6.07, 6.45) is 2.51. The maximum absolute atomic E-state index is 13.0. The zero-order valence-electron chi connectivity index (χ0n) is 15.0. The van der Waals surface area contributed by atoms with Crippen LogP contribution < -0.4 is 10.1 Å². The van der Waals surface area contributed by atoms with E-state index in [2.05, 4.69) is 24.1 Å². The average molecular weight is 337 g/mol. The number of imidazole rings is 1. The Balaban J connectivity index is 2.06. The molecule has 0 unspecified atom stereocenters. The van der Waals surface area contributed by atoms with Crippen molar-refractivity contribution in [2.75, 3.05) is 12.4 Å². The fourth-order valence-electron chi connectivity index (χ4n) is 3.03. The summed E-state index contributed by atoms with van der Waals surface area (Å²) in [4.78, 5) is 17.6. The van der Waals surface area contributed by atoms with Gasteiger partial charge in [0.1, 0.15) is 5.69 Å². The summed E-state index contributed by atoms with van der Waals surface area (Å²) in [5.74, 6) is 0.814. The van der Waals surface area contributed by atoms with Gasteiger partial charge in [0.2, 0.25) is 0 Å². The van der Waals surface area contributed by atoms with Crippen molar-refractivity contribution in [1.82, 2.24) is 9.38 Å². The van der Waals surface area contributed by atoms with Gasteiger partial charge in [-0.2, -0.15) is 0 Å². The summed E-state index contributed by atoms with van der Waals surface area (Å²) < 4.78 is 7.17. The molecule has 0 fully saturated rings. The van der Waals surface area contributed by atoms with Gasteiger partial charge in [-0.15, -0.1) is 0 Å². The number of anilines is 1. The lowest BCUT2D eigenvalue weighted by atomic mass is 10.0. The fourth-order valence-corrected chi connectivity index (χ4v) is 3.03. The van der Waals surface area contributed by atoms with Gasteiger partial charge in [-0.3, -0.25) is 9.20 Å². The molecule has 3 rings (SSSR count). The largest absolute Gasteiger partial charge is 0.493 e. The quantitative estimate of drug-likeness (QED) is 0.756. The first kappa shape index (κ1) is 17.0. The van der Waals surface area contributed by atoms with Crippen LogP contribution in [0.5, 0.6) is 5.75 Å². The van der Waals surface area contributed by atoms with Crippen molar-refractivity contribution in [3.63, 3.8) is 0 Å². The number of ether oxygens (including phenoxy) is 1. The Kier molecular flexibility index (Phi) is 4.74. The summed E-state index contributed by atoms with van der Waals surface area (Å²) in [6, 6.07) is 11.6. The summed E-state index contributed by atoms with van der Waals surface area (Å²) in [5, 5.41) is 3.06. The molecule has 0 saturated heterocycles. The number of para-hydroxylation sites is 1. The summed E-state index contributed by atoms with van der Waals surface area (Å²) >= 11 is 0. The summed E-state index contributed by atoms with van der Waals surface area (Å²) in [5.41, 5.74) is 3.91. The second-order valence-corrected chi connectivity index (χ2v) is 6.23. The predicted octanol–water partition coefficient (Wildman–Crippen LogP) is 4.28. The number of aromatic nitrogens is 2. The molecular formula is C20H23N3O2. The molecule has 0 atom stereocenters. The van der Waals surface area contributed by atoms with Crippen LogP contribution in [0.2, 0.25) is 0 Å².